The molecule has 0 saturated carbocycles. The third-order valence-electron chi connectivity index (χ3n) is 0.349. The molecule has 0 atom stereocenters. The van der Waals surface area contributed by atoms with Crippen molar-refractivity contribution in [1.82, 2.24) is 0 Å². The number of hydrogen-bond acceptors (Lipinski definition) is 2. The molecule has 0 spiro atoms. The van der Waals surface area contributed by atoms with Crippen LogP contribution in [0.15, 0.2) is 25.3 Å². The smallest absolute Gasteiger partial charge is 0.327 e. The number of rotatable bonds is 2. The van der Waals surface area contributed by atoms with Crippen LogP contribution in [-0.4, -0.2) is 51.7 Å². The molecule has 0 fully saturated rings. The molecule has 2 N–H and O–H groups in total. The Hall–Kier alpha value is -0.580. The van der Waals surface area contributed by atoms with Gasteiger partial charge in [-0.05, 0) is 0 Å². The molecule has 4 nitrogen and oxygen atoms in total. The molecule has 0 unspecified atom stereocenters. The molecule has 57 valence electrons. The molecule has 0 aromatic rings. The summed E-state index contributed by atoms with van der Waals surface area (Å²) in [5, 5.41) is 15.2. The molecule has 5 heteroatoms. The van der Waals surface area contributed by atoms with Crippen molar-refractivity contribution in [3.63, 3.8) is 0 Å². The summed E-state index contributed by atoms with van der Waals surface area (Å²) in [5.41, 5.74) is 0. The monoisotopic (exact) mass is 167 g/mol. The number of carbonyl (C=O) groups is 2. The van der Waals surface area contributed by atoms with Gasteiger partial charge in [-0.3, -0.25) is 0 Å². The molecule has 0 bridgehead atoms. The minimum atomic E-state index is -0.981. The van der Waals surface area contributed by atoms with E-state index in [9.17, 15) is 9.59 Å². The van der Waals surface area contributed by atoms with E-state index in [1.165, 1.54) is 0 Å². The largest absolute Gasteiger partial charge is 0.478 e. The standard InChI is InChI=1S/2C3H4O2.Na/c2*1-2-3(4)5;/h2*2H,1H2,(H,4,5);. The van der Waals surface area contributed by atoms with Gasteiger partial charge in [-0.25, -0.2) is 9.59 Å². The molecular weight excluding hydrogens is 159 g/mol. The summed E-state index contributed by atoms with van der Waals surface area (Å²) in [6, 6.07) is 0. The van der Waals surface area contributed by atoms with E-state index in [0.29, 0.717) is 0 Å². The van der Waals surface area contributed by atoms with Gasteiger partial charge in [-0.1, -0.05) is 13.2 Å². The van der Waals surface area contributed by atoms with Crippen LogP contribution in [0.3, 0.4) is 0 Å². The third-order valence-corrected chi connectivity index (χ3v) is 0.349. The molecule has 0 saturated heterocycles. The van der Waals surface area contributed by atoms with Gasteiger partial charge in [0.15, 0.2) is 0 Å². The second kappa shape index (κ2) is 12.1. The summed E-state index contributed by atoms with van der Waals surface area (Å²) in [7, 11) is 0. The van der Waals surface area contributed by atoms with Crippen molar-refractivity contribution in [3.05, 3.63) is 25.3 Å². The third kappa shape index (κ3) is 44.3. The quantitative estimate of drug-likeness (QED) is 0.453. The molecule has 0 amide bonds. The SMILES string of the molecule is C=CC(=O)O.C=CC(=O)O.[Na]. The molecule has 0 rings (SSSR count). The van der Waals surface area contributed by atoms with Crippen LogP contribution in [0.25, 0.3) is 0 Å². The van der Waals surface area contributed by atoms with E-state index in [1.54, 1.807) is 0 Å². The van der Waals surface area contributed by atoms with Crippen molar-refractivity contribution in [1.29, 1.82) is 0 Å². The van der Waals surface area contributed by atoms with Gasteiger partial charge in [-0.2, -0.15) is 0 Å². The molecule has 0 aromatic carbocycles. The fourth-order valence-corrected chi connectivity index (χ4v) is 0. The molecule has 11 heavy (non-hydrogen) atoms. The Morgan fingerprint density at radius 2 is 1.09 bits per heavy atom. The Kier molecular flexibility index (Phi) is 18.5. The number of carboxylic acid groups (broad SMARTS) is 2. The zero-order chi connectivity index (χ0) is 8.57. The van der Waals surface area contributed by atoms with E-state index in [-0.39, 0.29) is 29.6 Å². The summed E-state index contributed by atoms with van der Waals surface area (Å²) in [5.74, 6) is -1.96. The fraction of sp³-hybridized carbons (Fsp3) is 0. The normalized spacial score (nSPS) is 5.82. The van der Waals surface area contributed by atoms with Gasteiger partial charge >= 0.3 is 11.9 Å². The molecule has 1 radical (unpaired) electrons. The van der Waals surface area contributed by atoms with Gasteiger partial charge in [0.25, 0.3) is 0 Å². The van der Waals surface area contributed by atoms with Crippen LogP contribution in [0, 0.1) is 0 Å². The fourth-order valence-electron chi connectivity index (χ4n) is 0. The Morgan fingerprint density at radius 1 is 1.00 bits per heavy atom. The zero-order valence-corrected chi connectivity index (χ0v) is 8.28. The first-order chi connectivity index (χ1) is 4.54. The topological polar surface area (TPSA) is 74.6 Å². The van der Waals surface area contributed by atoms with Crippen LogP contribution in [0.2, 0.25) is 0 Å². The van der Waals surface area contributed by atoms with Crippen LogP contribution >= 0.6 is 0 Å². The van der Waals surface area contributed by atoms with E-state index in [4.69, 9.17) is 10.2 Å². The van der Waals surface area contributed by atoms with Crippen molar-refractivity contribution in [3.8, 4) is 0 Å². The second-order valence-corrected chi connectivity index (χ2v) is 1.08. The van der Waals surface area contributed by atoms with Crippen molar-refractivity contribution in [2.45, 2.75) is 0 Å². The van der Waals surface area contributed by atoms with E-state index in [0.717, 1.165) is 12.2 Å². The molecule has 0 aliphatic rings. The van der Waals surface area contributed by atoms with Crippen LogP contribution in [0.4, 0.5) is 0 Å². The minimum absolute atomic E-state index is 0. The van der Waals surface area contributed by atoms with Crippen LogP contribution in [-0.2, 0) is 9.59 Å². The first-order valence-electron chi connectivity index (χ1n) is 2.25. The Bertz CT molecular complexity index is 135. The maximum atomic E-state index is 9.25. The van der Waals surface area contributed by atoms with Gasteiger partial charge in [0, 0.05) is 41.7 Å². The number of carboxylic acids is 2. The second-order valence-electron chi connectivity index (χ2n) is 1.08. The Balaban J connectivity index is -0.000000107. The molecule has 0 aliphatic carbocycles. The van der Waals surface area contributed by atoms with Crippen molar-refractivity contribution >= 4 is 41.5 Å². The summed E-state index contributed by atoms with van der Waals surface area (Å²) < 4.78 is 0. The van der Waals surface area contributed by atoms with Crippen molar-refractivity contribution in [2.75, 3.05) is 0 Å². The number of aliphatic carboxylic acids is 2. The minimum Gasteiger partial charge on any atom is -0.478 e. The van der Waals surface area contributed by atoms with E-state index < -0.39 is 11.9 Å². The van der Waals surface area contributed by atoms with Crippen LogP contribution < -0.4 is 0 Å². The Labute approximate surface area is 86.5 Å². The van der Waals surface area contributed by atoms with E-state index >= 15 is 0 Å². The van der Waals surface area contributed by atoms with Crippen LogP contribution in [0.5, 0.6) is 0 Å². The summed E-state index contributed by atoms with van der Waals surface area (Å²) in [6.07, 6.45) is 1.67. The molecular formula is C6H8NaO4. The van der Waals surface area contributed by atoms with Gasteiger partial charge in [0.05, 0.1) is 0 Å². The van der Waals surface area contributed by atoms with E-state index in [2.05, 4.69) is 13.2 Å². The molecule has 0 heterocycles. The summed E-state index contributed by atoms with van der Waals surface area (Å²) in [4.78, 5) is 18.5. The maximum absolute atomic E-state index is 9.25. The average molecular weight is 167 g/mol. The van der Waals surface area contributed by atoms with Crippen molar-refractivity contribution < 1.29 is 19.8 Å². The van der Waals surface area contributed by atoms with Crippen LogP contribution in [0.1, 0.15) is 0 Å². The summed E-state index contributed by atoms with van der Waals surface area (Å²) >= 11 is 0. The first kappa shape index (κ1) is 16.8. The number of hydrogen-bond donors (Lipinski definition) is 2. The van der Waals surface area contributed by atoms with Gasteiger partial charge in [0.2, 0.25) is 0 Å². The molecule has 0 aromatic heterocycles. The summed E-state index contributed by atoms with van der Waals surface area (Å²) in [6.45, 7) is 5.92. The van der Waals surface area contributed by atoms with E-state index in [1.807, 2.05) is 0 Å². The molecule has 0 aliphatic heterocycles. The first-order valence-corrected chi connectivity index (χ1v) is 2.25. The Morgan fingerprint density at radius 3 is 1.09 bits per heavy atom. The predicted octanol–water partition coefficient (Wildman–Crippen LogP) is 0.133. The van der Waals surface area contributed by atoms with Crippen molar-refractivity contribution in [2.24, 2.45) is 0 Å². The van der Waals surface area contributed by atoms with Gasteiger partial charge in [-0.15, -0.1) is 0 Å². The zero-order valence-electron chi connectivity index (χ0n) is 6.28. The van der Waals surface area contributed by atoms with Gasteiger partial charge in [0.1, 0.15) is 0 Å². The average Bonchev–Trinajstić information content (AvgIpc) is 1.89. The van der Waals surface area contributed by atoms with Gasteiger partial charge < -0.3 is 10.2 Å². The predicted molar refractivity (Wildman–Crippen MR) is 41.4 cm³/mol. The maximum Gasteiger partial charge on any atom is 0.327 e.